The van der Waals surface area contributed by atoms with E-state index in [-0.39, 0.29) is 5.91 Å². The third-order valence-electron chi connectivity index (χ3n) is 4.22. The fraction of sp³-hybridized carbons (Fsp3) is 0.0500. The first-order valence-electron chi connectivity index (χ1n) is 7.91. The predicted molar refractivity (Wildman–Crippen MR) is 104 cm³/mol. The molecule has 1 amide bonds. The van der Waals surface area contributed by atoms with Crippen molar-refractivity contribution < 1.29 is 4.79 Å². The Balaban J connectivity index is 1.77. The summed E-state index contributed by atoms with van der Waals surface area (Å²) in [6, 6.07) is 17.4. The Kier molecular flexibility index (Phi) is 3.78. The van der Waals surface area contributed by atoms with E-state index < -0.39 is 0 Å². The molecule has 5 heteroatoms. The summed E-state index contributed by atoms with van der Waals surface area (Å²) in [7, 11) is 0. The van der Waals surface area contributed by atoms with Crippen molar-refractivity contribution in [2.45, 2.75) is 6.92 Å². The second-order valence-corrected chi connectivity index (χ2v) is 6.22. The van der Waals surface area contributed by atoms with Gasteiger partial charge in [0.1, 0.15) is 5.70 Å². The maximum absolute atomic E-state index is 12.9. The van der Waals surface area contributed by atoms with Gasteiger partial charge < -0.3 is 5.32 Å². The summed E-state index contributed by atoms with van der Waals surface area (Å²) in [4.78, 5) is 18.8. The molecule has 122 valence electrons. The Labute approximate surface area is 150 Å². The lowest BCUT2D eigenvalue weighted by molar-refractivity contribution is -0.113. The van der Waals surface area contributed by atoms with Gasteiger partial charge in [0.2, 0.25) is 0 Å². The molecular formula is C20H15N3OS. The number of carbonyl (C=O) groups is 1. The number of thiocarbonyl (C=S) groups is 1. The number of hydrogen-bond donors (Lipinski definition) is 1. The highest BCUT2D eigenvalue weighted by atomic mass is 32.1. The maximum atomic E-state index is 12.9. The van der Waals surface area contributed by atoms with Crippen molar-refractivity contribution >= 4 is 45.9 Å². The van der Waals surface area contributed by atoms with Gasteiger partial charge in [0.15, 0.2) is 5.11 Å². The van der Waals surface area contributed by atoms with Crippen LogP contribution >= 0.6 is 12.2 Å². The molecule has 1 N–H and O–H groups in total. The van der Waals surface area contributed by atoms with Crippen molar-refractivity contribution in [1.29, 1.82) is 0 Å². The zero-order chi connectivity index (χ0) is 17.4. The van der Waals surface area contributed by atoms with Gasteiger partial charge in [0.25, 0.3) is 5.91 Å². The molecule has 4 rings (SSSR count). The van der Waals surface area contributed by atoms with Crippen LogP contribution in [0.3, 0.4) is 0 Å². The van der Waals surface area contributed by atoms with Gasteiger partial charge >= 0.3 is 0 Å². The third kappa shape index (κ3) is 2.68. The van der Waals surface area contributed by atoms with Gasteiger partial charge in [-0.3, -0.25) is 14.7 Å². The number of aromatic nitrogens is 1. The monoisotopic (exact) mass is 345 g/mol. The van der Waals surface area contributed by atoms with Gasteiger partial charge in [-0.25, -0.2) is 0 Å². The van der Waals surface area contributed by atoms with Gasteiger partial charge in [-0.15, -0.1) is 0 Å². The quantitative estimate of drug-likeness (QED) is 0.567. The molecule has 1 aliphatic heterocycles. The first-order valence-corrected chi connectivity index (χ1v) is 8.32. The summed E-state index contributed by atoms with van der Waals surface area (Å²) < 4.78 is 0. The molecule has 1 fully saturated rings. The SMILES string of the molecule is Cc1ccccc1N1C(=O)/C(=C\c2ccnc3ccccc23)NC1=S. The maximum Gasteiger partial charge on any atom is 0.281 e. The lowest BCUT2D eigenvalue weighted by atomic mass is 10.1. The van der Waals surface area contributed by atoms with E-state index in [1.165, 1.54) is 0 Å². The summed E-state index contributed by atoms with van der Waals surface area (Å²) in [6.45, 7) is 1.96. The van der Waals surface area contributed by atoms with E-state index in [9.17, 15) is 4.79 Å². The number of anilines is 1. The van der Waals surface area contributed by atoms with Gasteiger partial charge in [-0.1, -0.05) is 36.4 Å². The van der Waals surface area contributed by atoms with Gasteiger partial charge in [-0.2, -0.15) is 0 Å². The minimum absolute atomic E-state index is 0.153. The van der Waals surface area contributed by atoms with Crippen molar-refractivity contribution in [1.82, 2.24) is 10.3 Å². The predicted octanol–water partition coefficient (Wildman–Crippen LogP) is 3.81. The zero-order valence-corrected chi connectivity index (χ0v) is 14.4. The first-order chi connectivity index (χ1) is 12.1. The number of benzene rings is 2. The van der Waals surface area contributed by atoms with Crippen molar-refractivity contribution in [2.24, 2.45) is 0 Å². The fourth-order valence-corrected chi connectivity index (χ4v) is 3.26. The average Bonchev–Trinajstić information content (AvgIpc) is 2.90. The van der Waals surface area contributed by atoms with E-state index in [4.69, 9.17) is 12.2 Å². The largest absolute Gasteiger partial charge is 0.327 e. The molecule has 0 unspecified atom stereocenters. The molecule has 2 heterocycles. The van der Waals surface area contributed by atoms with E-state index >= 15 is 0 Å². The Morgan fingerprint density at radius 3 is 2.68 bits per heavy atom. The molecule has 0 bridgehead atoms. The van der Waals surface area contributed by atoms with Crippen LogP contribution in [0.1, 0.15) is 11.1 Å². The van der Waals surface area contributed by atoms with E-state index in [2.05, 4.69) is 10.3 Å². The number of carbonyl (C=O) groups excluding carboxylic acids is 1. The molecule has 25 heavy (non-hydrogen) atoms. The van der Waals surface area contributed by atoms with Crippen molar-refractivity contribution in [3.05, 3.63) is 77.6 Å². The fourth-order valence-electron chi connectivity index (χ4n) is 2.97. The zero-order valence-electron chi connectivity index (χ0n) is 13.6. The summed E-state index contributed by atoms with van der Waals surface area (Å²) in [5, 5.41) is 4.43. The number of para-hydroxylation sites is 2. The molecular weight excluding hydrogens is 330 g/mol. The molecule has 0 saturated carbocycles. The standard InChI is InChI=1S/C20H15N3OS/c1-13-6-2-5-9-18(13)23-19(24)17(22-20(23)25)12-14-10-11-21-16-8-4-3-7-15(14)16/h2-12H,1H3,(H,22,25)/b17-12+. The summed E-state index contributed by atoms with van der Waals surface area (Å²) in [5.41, 5.74) is 4.07. The van der Waals surface area contributed by atoms with E-state index in [1.807, 2.05) is 67.6 Å². The molecule has 1 aliphatic rings. The number of pyridine rings is 1. The van der Waals surface area contributed by atoms with E-state index in [0.717, 1.165) is 27.7 Å². The Hall–Kier alpha value is -3.05. The second kappa shape index (κ2) is 6.11. The third-order valence-corrected chi connectivity index (χ3v) is 4.50. The van der Waals surface area contributed by atoms with Crippen LogP contribution in [0.2, 0.25) is 0 Å². The van der Waals surface area contributed by atoms with Gasteiger partial charge in [0, 0.05) is 11.6 Å². The van der Waals surface area contributed by atoms with Crippen molar-refractivity contribution in [3.8, 4) is 0 Å². The summed E-state index contributed by atoms with van der Waals surface area (Å²) in [5.74, 6) is -0.153. The number of hydrogen-bond acceptors (Lipinski definition) is 3. The van der Waals surface area contributed by atoms with Crippen molar-refractivity contribution in [3.63, 3.8) is 0 Å². The lowest BCUT2D eigenvalue weighted by Crippen LogP contribution is -2.30. The van der Waals surface area contributed by atoms with Crippen LogP contribution in [-0.2, 0) is 4.79 Å². The molecule has 0 atom stereocenters. The van der Waals surface area contributed by atoms with E-state index in [0.29, 0.717) is 10.8 Å². The van der Waals surface area contributed by atoms with Crippen LogP contribution in [0.25, 0.3) is 17.0 Å². The number of rotatable bonds is 2. The average molecular weight is 345 g/mol. The molecule has 0 aliphatic carbocycles. The number of aryl methyl sites for hydroxylation is 1. The van der Waals surface area contributed by atoms with E-state index in [1.54, 1.807) is 11.1 Å². The number of amides is 1. The second-order valence-electron chi connectivity index (χ2n) is 5.83. The minimum Gasteiger partial charge on any atom is -0.327 e. The highest BCUT2D eigenvalue weighted by molar-refractivity contribution is 7.80. The number of nitrogens with zero attached hydrogens (tertiary/aromatic N) is 2. The minimum atomic E-state index is -0.153. The van der Waals surface area contributed by atoms with Gasteiger partial charge in [-0.05, 0) is 54.5 Å². The van der Waals surface area contributed by atoms with Crippen LogP contribution in [0.4, 0.5) is 5.69 Å². The molecule has 1 aromatic heterocycles. The summed E-state index contributed by atoms with van der Waals surface area (Å²) in [6.07, 6.45) is 3.57. The lowest BCUT2D eigenvalue weighted by Gasteiger charge is -2.16. The molecule has 4 nitrogen and oxygen atoms in total. The topological polar surface area (TPSA) is 45.2 Å². The molecule has 0 radical (unpaired) electrons. The molecule has 0 spiro atoms. The highest BCUT2D eigenvalue weighted by Gasteiger charge is 2.32. The Morgan fingerprint density at radius 1 is 1.08 bits per heavy atom. The molecule has 3 aromatic rings. The Bertz CT molecular complexity index is 1040. The Morgan fingerprint density at radius 2 is 1.84 bits per heavy atom. The molecule has 2 aromatic carbocycles. The molecule has 1 saturated heterocycles. The number of fused-ring (bicyclic) bond motifs is 1. The van der Waals surface area contributed by atoms with Crippen molar-refractivity contribution in [2.75, 3.05) is 4.90 Å². The van der Waals surface area contributed by atoms with Crippen LogP contribution in [0, 0.1) is 6.92 Å². The normalized spacial score (nSPS) is 15.9. The number of nitrogens with one attached hydrogen (secondary N) is 1. The van der Waals surface area contributed by atoms with Crippen LogP contribution in [-0.4, -0.2) is 16.0 Å². The van der Waals surface area contributed by atoms with Crippen LogP contribution in [0.15, 0.2) is 66.5 Å². The van der Waals surface area contributed by atoms with Gasteiger partial charge in [0.05, 0.1) is 11.2 Å². The summed E-state index contributed by atoms with van der Waals surface area (Å²) >= 11 is 5.39. The highest BCUT2D eigenvalue weighted by Crippen LogP contribution is 2.26. The first kappa shape index (κ1) is 15.5. The van der Waals surface area contributed by atoms with Crippen LogP contribution in [0.5, 0.6) is 0 Å². The smallest absolute Gasteiger partial charge is 0.281 e. The van der Waals surface area contributed by atoms with Crippen LogP contribution < -0.4 is 10.2 Å².